The number of ether oxygens (including phenoxy) is 1. The van der Waals surface area contributed by atoms with Crippen LogP contribution in [0.3, 0.4) is 0 Å². The third-order valence-electron chi connectivity index (χ3n) is 2.30. The lowest BCUT2D eigenvalue weighted by Gasteiger charge is -2.07. The van der Waals surface area contributed by atoms with Crippen molar-refractivity contribution in [2.24, 2.45) is 0 Å². The minimum Gasteiger partial charge on any atom is -0.439 e. The molecule has 1 aromatic carbocycles. The van der Waals surface area contributed by atoms with Gasteiger partial charge in [-0.3, -0.25) is 0 Å². The van der Waals surface area contributed by atoms with Crippen molar-refractivity contribution in [3.8, 4) is 11.6 Å². The topological polar surface area (TPSA) is 42.4 Å². The molecule has 2 aromatic rings. The number of aliphatic hydroxyl groups excluding tert-OH is 1. The van der Waals surface area contributed by atoms with Crippen molar-refractivity contribution < 1.29 is 9.84 Å². The molecule has 3 nitrogen and oxygen atoms in total. The van der Waals surface area contributed by atoms with Gasteiger partial charge in [0.15, 0.2) is 0 Å². The minimum atomic E-state index is -0.549. The number of benzene rings is 1. The molecule has 1 heterocycles. The van der Waals surface area contributed by atoms with Crippen molar-refractivity contribution in [2.45, 2.75) is 13.0 Å². The molecule has 0 fully saturated rings. The molecule has 5 heteroatoms. The van der Waals surface area contributed by atoms with Crippen LogP contribution < -0.4 is 4.74 Å². The van der Waals surface area contributed by atoms with Gasteiger partial charge >= 0.3 is 0 Å². The van der Waals surface area contributed by atoms with E-state index in [4.69, 9.17) is 27.9 Å². The van der Waals surface area contributed by atoms with Crippen LogP contribution in [0.15, 0.2) is 36.5 Å². The molecule has 0 amide bonds. The zero-order valence-electron chi connectivity index (χ0n) is 9.60. The van der Waals surface area contributed by atoms with Gasteiger partial charge in [-0.25, -0.2) is 4.98 Å². The molecule has 1 aromatic heterocycles. The highest BCUT2D eigenvalue weighted by atomic mass is 35.5. The van der Waals surface area contributed by atoms with Crippen molar-refractivity contribution in [1.82, 2.24) is 4.98 Å². The largest absolute Gasteiger partial charge is 0.439 e. The Labute approximate surface area is 115 Å². The Morgan fingerprint density at radius 3 is 2.33 bits per heavy atom. The lowest BCUT2D eigenvalue weighted by molar-refractivity contribution is 0.198. The number of halogens is 2. The summed E-state index contributed by atoms with van der Waals surface area (Å²) in [6.45, 7) is 1.67. The molecular weight excluding hydrogens is 273 g/mol. The summed E-state index contributed by atoms with van der Waals surface area (Å²) in [5.41, 5.74) is 0.728. The fourth-order valence-corrected chi connectivity index (χ4v) is 1.91. The lowest BCUT2D eigenvalue weighted by atomic mass is 10.2. The van der Waals surface area contributed by atoms with Crippen LogP contribution in [0.5, 0.6) is 11.6 Å². The SMILES string of the molecule is C[C@@H](O)c1ccc(Oc2cc(Cl)cc(Cl)c2)nc1. The molecule has 0 saturated heterocycles. The first-order valence-corrected chi connectivity index (χ1v) is 6.08. The quantitative estimate of drug-likeness (QED) is 0.916. The molecule has 0 aliphatic heterocycles. The molecule has 0 saturated carbocycles. The Balaban J connectivity index is 2.18. The number of pyridine rings is 1. The fraction of sp³-hybridized carbons (Fsp3) is 0.154. The van der Waals surface area contributed by atoms with Gasteiger partial charge in [-0.15, -0.1) is 0 Å². The molecule has 0 spiro atoms. The number of aromatic nitrogens is 1. The Morgan fingerprint density at radius 2 is 1.83 bits per heavy atom. The van der Waals surface area contributed by atoms with Crippen LogP contribution in [0.1, 0.15) is 18.6 Å². The summed E-state index contributed by atoms with van der Waals surface area (Å²) in [6, 6.07) is 8.35. The third kappa shape index (κ3) is 3.35. The molecule has 1 atom stereocenters. The summed E-state index contributed by atoms with van der Waals surface area (Å²) in [7, 11) is 0. The van der Waals surface area contributed by atoms with Gasteiger partial charge in [0.2, 0.25) is 5.88 Å². The summed E-state index contributed by atoms with van der Waals surface area (Å²) >= 11 is 11.7. The maximum absolute atomic E-state index is 9.36. The van der Waals surface area contributed by atoms with E-state index < -0.39 is 6.10 Å². The number of hydrogen-bond acceptors (Lipinski definition) is 3. The maximum Gasteiger partial charge on any atom is 0.219 e. The van der Waals surface area contributed by atoms with Gasteiger partial charge in [-0.05, 0) is 36.8 Å². The van der Waals surface area contributed by atoms with E-state index in [2.05, 4.69) is 4.98 Å². The standard InChI is InChI=1S/C13H11Cl2NO2/c1-8(17)9-2-3-13(16-7-9)18-12-5-10(14)4-11(15)6-12/h2-8,17H,1H3/t8-/m1/s1. The molecule has 0 aliphatic carbocycles. The fourth-order valence-electron chi connectivity index (χ4n) is 1.41. The first kappa shape index (κ1) is 13.1. The molecule has 18 heavy (non-hydrogen) atoms. The number of nitrogens with zero attached hydrogens (tertiary/aromatic N) is 1. The van der Waals surface area contributed by atoms with Crippen molar-refractivity contribution in [2.75, 3.05) is 0 Å². The van der Waals surface area contributed by atoms with E-state index in [1.165, 1.54) is 0 Å². The van der Waals surface area contributed by atoms with E-state index in [-0.39, 0.29) is 0 Å². The highest BCUT2D eigenvalue weighted by molar-refractivity contribution is 6.34. The van der Waals surface area contributed by atoms with E-state index in [9.17, 15) is 5.11 Å². The van der Waals surface area contributed by atoms with Crippen LogP contribution in [0.2, 0.25) is 10.0 Å². The predicted molar refractivity (Wildman–Crippen MR) is 71.4 cm³/mol. The average molecular weight is 284 g/mol. The van der Waals surface area contributed by atoms with Gasteiger partial charge in [0, 0.05) is 22.3 Å². The number of hydrogen-bond donors (Lipinski definition) is 1. The van der Waals surface area contributed by atoms with Gasteiger partial charge in [0.1, 0.15) is 5.75 Å². The summed E-state index contributed by atoms with van der Waals surface area (Å²) in [6.07, 6.45) is 1.01. The maximum atomic E-state index is 9.36. The molecule has 2 rings (SSSR count). The average Bonchev–Trinajstić information content (AvgIpc) is 2.28. The van der Waals surface area contributed by atoms with E-state index in [1.54, 1.807) is 43.5 Å². The van der Waals surface area contributed by atoms with Gasteiger partial charge in [-0.2, -0.15) is 0 Å². The first-order valence-electron chi connectivity index (χ1n) is 5.32. The van der Waals surface area contributed by atoms with Crippen molar-refractivity contribution in [1.29, 1.82) is 0 Å². The predicted octanol–water partition coefficient (Wildman–Crippen LogP) is 4.23. The van der Waals surface area contributed by atoms with Crippen LogP contribution in [0, 0.1) is 0 Å². The van der Waals surface area contributed by atoms with Crippen molar-refractivity contribution in [3.63, 3.8) is 0 Å². The van der Waals surface area contributed by atoms with Crippen LogP contribution in [0.25, 0.3) is 0 Å². The zero-order valence-corrected chi connectivity index (χ0v) is 11.1. The van der Waals surface area contributed by atoms with Crippen molar-refractivity contribution >= 4 is 23.2 Å². The van der Waals surface area contributed by atoms with Crippen LogP contribution in [-0.4, -0.2) is 10.1 Å². The summed E-state index contributed by atoms with van der Waals surface area (Å²) in [4.78, 5) is 4.09. The summed E-state index contributed by atoms with van der Waals surface area (Å²) in [5.74, 6) is 0.933. The molecule has 0 aliphatic rings. The third-order valence-corrected chi connectivity index (χ3v) is 2.74. The highest BCUT2D eigenvalue weighted by Gasteiger charge is 2.04. The molecule has 0 unspecified atom stereocenters. The smallest absolute Gasteiger partial charge is 0.219 e. The molecule has 0 bridgehead atoms. The molecular formula is C13H11Cl2NO2. The second-order valence-corrected chi connectivity index (χ2v) is 4.69. The lowest BCUT2D eigenvalue weighted by Crippen LogP contribution is -1.93. The summed E-state index contributed by atoms with van der Waals surface area (Å²) < 4.78 is 5.51. The molecule has 0 radical (unpaired) electrons. The normalized spacial score (nSPS) is 12.2. The van der Waals surface area contributed by atoms with Gasteiger partial charge < -0.3 is 9.84 Å². The van der Waals surface area contributed by atoms with E-state index >= 15 is 0 Å². The van der Waals surface area contributed by atoms with E-state index in [1.807, 2.05) is 0 Å². The molecule has 1 N–H and O–H groups in total. The van der Waals surface area contributed by atoms with E-state index in [0.717, 1.165) is 5.56 Å². The number of aliphatic hydroxyl groups is 1. The first-order chi connectivity index (χ1) is 8.54. The minimum absolute atomic E-state index is 0.415. The zero-order chi connectivity index (χ0) is 13.1. The Kier molecular flexibility index (Phi) is 4.07. The monoisotopic (exact) mass is 283 g/mol. The van der Waals surface area contributed by atoms with E-state index in [0.29, 0.717) is 21.7 Å². The van der Waals surface area contributed by atoms with Crippen LogP contribution in [-0.2, 0) is 0 Å². The van der Waals surface area contributed by atoms with Crippen molar-refractivity contribution in [3.05, 3.63) is 52.1 Å². The second kappa shape index (κ2) is 5.57. The van der Waals surface area contributed by atoms with Crippen LogP contribution >= 0.6 is 23.2 Å². The van der Waals surface area contributed by atoms with Gasteiger partial charge in [0.25, 0.3) is 0 Å². The molecule has 94 valence electrons. The highest BCUT2D eigenvalue weighted by Crippen LogP contribution is 2.27. The summed E-state index contributed by atoms with van der Waals surface area (Å²) in [5, 5.41) is 10.4. The Bertz CT molecular complexity index is 521. The van der Waals surface area contributed by atoms with Crippen LogP contribution in [0.4, 0.5) is 0 Å². The Morgan fingerprint density at radius 1 is 1.17 bits per heavy atom. The van der Waals surface area contributed by atoms with Gasteiger partial charge in [0.05, 0.1) is 6.10 Å². The number of rotatable bonds is 3. The van der Waals surface area contributed by atoms with Gasteiger partial charge in [-0.1, -0.05) is 23.2 Å². The Hall–Kier alpha value is -1.29. The second-order valence-electron chi connectivity index (χ2n) is 3.81.